The fourth-order valence-electron chi connectivity index (χ4n) is 2.57. The van der Waals surface area contributed by atoms with E-state index >= 15 is 0 Å². The van der Waals surface area contributed by atoms with E-state index in [0.717, 1.165) is 0 Å². The highest BCUT2D eigenvalue weighted by Crippen LogP contribution is 2.43. The monoisotopic (exact) mass is 326 g/mol. The zero-order valence-corrected chi connectivity index (χ0v) is 13.5. The van der Waals surface area contributed by atoms with Gasteiger partial charge in [-0.3, -0.25) is 0 Å². The van der Waals surface area contributed by atoms with Crippen molar-refractivity contribution in [3.8, 4) is 5.75 Å². The zero-order valence-electron chi connectivity index (χ0n) is 12.6. The third kappa shape index (κ3) is 2.93. The Bertz CT molecular complexity index is 804. The van der Waals surface area contributed by atoms with Crippen molar-refractivity contribution < 1.29 is 13.7 Å². The minimum Gasteiger partial charge on any atom is -0.497 e. The van der Waals surface area contributed by atoms with E-state index in [1.165, 1.54) is 19.2 Å². The third-order valence-corrected chi connectivity index (χ3v) is 6.73. The van der Waals surface area contributed by atoms with Gasteiger partial charge in [0.05, 0.1) is 7.11 Å². The number of ether oxygens (including phenoxy) is 1. The molecule has 0 saturated carbocycles. The van der Waals surface area contributed by atoms with Gasteiger partial charge < -0.3 is 9.30 Å². The molecule has 0 bridgehead atoms. The summed E-state index contributed by atoms with van der Waals surface area (Å²) in [5.74, 6) is -0.112. The van der Waals surface area contributed by atoms with Crippen molar-refractivity contribution in [2.75, 3.05) is 7.11 Å². The summed E-state index contributed by atoms with van der Waals surface area (Å²) >= 11 is 0. The molecule has 2 nitrogen and oxygen atoms in total. The Morgan fingerprint density at radius 3 is 1.78 bits per heavy atom. The Hall–Kier alpha value is -2.38. The molecular formula is C19H16FO2P. The third-order valence-electron chi connectivity index (χ3n) is 3.69. The van der Waals surface area contributed by atoms with Crippen molar-refractivity contribution in [1.82, 2.24) is 0 Å². The van der Waals surface area contributed by atoms with E-state index in [1.807, 2.05) is 60.7 Å². The van der Waals surface area contributed by atoms with Crippen molar-refractivity contribution in [1.29, 1.82) is 0 Å². The van der Waals surface area contributed by atoms with Gasteiger partial charge >= 0.3 is 0 Å². The first-order valence-corrected chi connectivity index (χ1v) is 8.91. The van der Waals surface area contributed by atoms with E-state index in [4.69, 9.17) is 4.74 Å². The molecule has 0 amide bonds. The van der Waals surface area contributed by atoms with E-state index in [0.29, 0.717) is 21.7 Å². The molecule has 0 unspecified atom stereocenters. The molecule has 0 N–H and O–H groups in total. The summed E-state index contributed by atoms with van der Waals surface area (Å²) in [6.45, 7) is 0. The number of rotatable bonds is 4. The fourth-order valence-corrected chi connectivity index (χ4v) is 5.26. The van der Waals surface area contributed by atoms with Crippen LogP contribution in [-0.2, 0) is 4.57 Å². The van der Waals surface area contributed by atoms with Gasteiger partial charge in [-0.15, -0.1) is 0 Å². The highest BCUT2D eigenvalue weighted by Gasteiger charge is 2.30. The van der Waals surface area contributed by atoms with Crippen LogP contribution in [0.3, 0.4) is 0 Å². The van der Waals surface area contributed by atoms with Gasteiger partial charge in [-0.25, -0.2) is 4.39 Å². The van der Waals surface area contributed by atoms with Crippen molar-refractivity contribution in [2.24, 2.45) is 0 Å². The lowest BCUT2D eigenvalue weighted by Gasteiger charge is -2.20. The summed E-state index contributed by atoms with van der Waals surface area (Å²) in [4.78, 5) is 0. The molecule has 0 heterocycles. The van der Waals surface area contributed by atoms with Gasteiger partial charge in [-0.05, 0) is 12.1 Å². The Morgan fingerprint density at radius 2 is 1.30 bits per heavy atom. The second kappa shape index (κ2) is 6.39. The van der Waals surface area contributed by atoms with Crippen LogP contribution in [0.4, 0.5) is 4.39 Å². The summed E-state index contributed by atoms with van der Waals surface area (Å²) in [5.41, 5.74) is 0. The van der Waals surface area contributed by atoms with E-state index < -0.39 is 13.0 Å². The average Bonchev–Trinajstić information content (AvgIpc) is 2.62. The number of benzene rings is 3. The first kappa shape index (κ1) is 15.5. The normalized spacial score (nSPS) is 11.2. The highest BCUT2D eigenvalue weighted by molar-refractivity contribution is 7.85. The van der Waals surface area contributed by atoms with E-state index in [2.05, 4.69) is 0 Å². The molecule has 0 aliphatic carbocycles. The quantitative estimate of drug-likeness (QED) is 0.686. The molecule has 0 radical (unpaired) electrons. The van der Waals surface area contributed by atoms with Crippen molar-refractivity contribution in [3.63, 3.8) is 0 Å². The molecule has 4 heteroatoms. The van der Waals surface area contributed by atoms with Gasteiger partial charge in [0.1, 0.15) is 11.6 Å². The molecule has 0 aliphatic rings. The van der Waals surface area contributed by atoms with Crippen LogP contribution in [-0.4, -0.2) is 7.11 Å². The molecule has 3 rings (SSSR count). The van der Waals surface area contributed by atoms with Gasteiger partial charge in [0.25, 0.3) is 0 Å². The summed E-state index contributed by atoms with van der Waals surface area (Å²) in [5, 5.41) is 1.75. The largest absolute Gasteiger partial charge is 0.497 e. The molecule has 0 spiro atoms. The summed E-state index contributed by atoms with van der Waals surface area (Å²) in [6.07, 6.45) is 0. The van der Waals surface area contributed by atoms with Crippen molar-refractivity contribution in [3.05, 3.63) is 84.7 Å². The molecule has 0 atom stereocenters. The maximum Gasteiger partial charge on any atom is 0.171 e. The Labute approximate surface area is 134 Å². The van der Waals surface area contributed by atoms with Crippen molar-refractivity contribution in [2.45, 2.75) is 0 Å². The first-order valence-electron chi connectivity index (χ1n) is 7.21. The molecule has 0 aromatic heterocycles. The minimum atomic E-state index is -3.16. The predicted molar refractivity (Wildman–Crippen MR) is 92.3 cm³/mol. The fraction of sp³-hybridized carbons (Fsp3) is 0.0526. The van der Waals surface area contributed by atoms with Crippen LogP contribution in [0.2, 0.25) is 0 Å². The average molecular weight is 326 g/mol. The molecule has 0 saturated heterocycles. The Morgan fingerprint density at radius 1 is 0.783 bits per heavy atom. The van der Waals surface area contributed by atoms with E-state index in [-0.39, 0.29) is 0 Å². The number of methoxy groups -OCH3 is 1. The second-order valence-corrected chi connectivity index (χ2v) is 7.90. The molecule has 0 aliphatic heterocycles. The second-order valence-electron chi connectivity index (χ2n) is 5.13. The molecule has 23 heavy (non-hydrogen) atoms. The molecule has 0 fully saturated rings. The predicted octanol–water partition coefficient (Wildman–Crippen LogP) is 3.47. The van der Waals surface area contributed by atoms with Crippen LogP contribution < -0.4 is 20.7 Å². The van der Waals surface area contributed by atoms with Crippen LogP contribution >= 0.6 is 7.14 Å². The SMILES string of the molecule is COc1cc(F)cc(P(=O)(c2ccccc2)c2ccccc2)c1. The number of hydrogen-bond acceptors (Lipinski definition) is 2. The molecule has 3 aromatic carbocycles. The van der Waals surface area contributed by atoms with Crippen LogP contribution in [0.1, 0.15) is 0 Å². The molecule has 3 aromatic rings. The van der Waals surface area contributed by atoms with Crippen LogP contribution in [0, 0.1) is 5.82 Å². The van der Waals surface area contributed by atoms with E-state index in [1.54, 1.807) is 6.07 Å². The Balaban J connectivity index is 2.30. The van der Waals surface area contributed by atoms with Gasteiger partial charge in [-0.2, -0.15) is 0 Å². The maximum atomic E-state index is 14.0. The minimum absolute atomic E-state index is 0.354. The van der Waals surface area contributed by atoms with Crippen LogP contribution in [0.15, 0.2) is 78.9 Å². The number of halogens is 1. The topological polar surface area (TPSA) is 26.3 Å². The number of hydrogen-bond donors (Lipinski definition) is 0. The van der Waals surface area contributed by atoms with E-state index in [9.17, 15) is 8.96 Å². The Kier molecular flexibility index (Phi) is 4.31. The maximum absolute atomic E-state index is 14.0. The smallest absolute Gasteiger partial charge is 0.171 e. The standard InChI is InChI=1S/C19H16FO2P/c1-22-16-12-15(20)13-19(14-16)23(21,17-8-4-2-5-9-17)18-10-6-3-7-11-18/h2-14H,1H3. The van der Waals surface area contributed by atoms with Crippen LogP contribution in [0.5, 0.6) is 5.75 Å². The van der Waals surface area contributed by atoms with Gasteiger partial charge in [0, 0.05) is 22.0 Å². The summed E-state index contributed by atoms with van der Waals surface area (Å²) < 4.78 is 33.1. The van der Waals surface area contributed by atoms with Gasteiger partial charge in [0.2, 0.25) is 0 Å². The lowest BCUT2D eigenvalue weighted by molar-refractivity contribution is 0.411. The van der Waals surface area contributed by atoms with Crippen molar-refractivity contribution >= 4 is 23.1 Å². The van der Waals surface area contributed by atoms with Crippen LogP contribution in [0.25, 0.3) is 0 Å². The first-order chi connectivity index (χ1) is 11.1. The summed E-state index contributed by atoms with van der Waals surface area (Å²) in [7, 11) is -1.70. The summed E-state index contributed by atoms with van der Waals surface area (Å²) in [6, 6.07) is 22.6. The highest BCUT2D eigenvalue weighted by atomic mass is 31.2. The van der Waals surface area contributed by atoms with Gasteiger partial charge in [-0.1, -0.05) is 60.7 Å². The van der Waals surface area contributed by atoms with Gasteiger partial charge in [0.15, 0.2) is 7.14 Å². The molecular weight excluding hydrogens is 310 g/mol. The molecule has 116 valence electrons. The lowest BCUT2D eigenvalue weighted by atomic mass is 10.3. The zero-order chi connectivity index (χ0) is 16.3. The lowest BCUT2D eigenvalue weighted by Crippen LogP contribution is -2.25.